The van der Waals surface area contributed by atoms with Crippen LogP contribution in [0.1, 0.15) is 5.56 Å². The highest BCUT2D eigenvalue weighted by Gasteiger charge is 2.32. The van der Waals surface area contributed by atoms with Crippen LogP contribution in [0.15, 0.2) is 27.5 Å². The highest BCUT2D eigenvalue weighted by Crippen LogP contribution is 2.27. The number of carbonyl (C=O) groups excluding carboxylic acids is 1. The predicted molar refractivity (Wildman–Crippen MR) is 55.7 cm³/mol. The van der Waals surface area contributed by atoms with Gasteiger partial charge in [-0.1, -0.05) is 6.07 Å². The van der Waals surface area contributed by atoms with Gasteiger partial charge in [-0.05, 0) is 12.1 Å². The van der Waals surface area contributed by atoms with Gasteiger partial charge in [0, 0.05) is 0 Å². The summed E-state index contributed by atoms with van der Waals surface area (Å²) in [6, 6.07) is 3.54. The summed E-state index contributed by atoms with van der Waals surface area (Å²) in [7, 11) is -2.85. The molecular formula is C9H7FN2O4S. The van der Waals surface area contributed by atoms with Gasteiger partial charge in [-0.2, -0.15) is 8.42 Å². The molecule has 0 atom stereocenters. The summed E-state index contributed by atoms with van der Waals surface area (Å²) in [6.07, 6.45) is -0.921. The van der Waals surface area contributed by atoms with Gasteiger partial charge >= 0.3 is 6.09 Å². The number of nitrogens with one attached hydrogen (secondary N) is 1. The lowest BCUT2D eigenvalue weighted by molar-refractivity contribution is 0.177. The minimum atomic E-state index is -3.95. The number of rotatable bonds is 0. The molecular weight excluding hydrogens is 251 g/mol. The molecule has 0 saturated carbocycles. The van der Waals surface area contributed by atoms with Crippen molar-refractivity contribution in [3.63, 3.8) is 0 Å². The third kappa shape index (κ3) is 1.86. The molecule has 0 spiro atoms. The maximum Gasteiger partial charge on any atom is 0.412 e. The number of hydrogen-bond donors (Lipinski definition) is 1. The fourth-order valence-corrected chi connectivity index (χ4v) is 2.58. The van der Waals surface area contributed by atoms with Gasteiger partial charge in [-0.25, -0.2) is 9.18 Å². The zero-order chi connectivity index (χ0) is 12.6. The highest BCUT2D eigenvalue weighted by atomic mass is 32.2. The van der Waals surface area contributed by atoms with E-state index in [0.717, 1.165) is 13.2 Å². The number of hydrogen-bond acceptors (Lipinski definition) is 4. The summed E-state index contributed by atoms with van der Waals surface area (Å²) in [4.78, 5) is 10.7. The lowest BCUT2D eigenvalue weighted by Gasteiger charge is -2.04. The van der Waals surface area contributed by atoms with Crippen molar-refractivity contribution in [3.05, 3.63) is 29.6 Å². The van der Waals surface area contributed by atoms with Crippen LogP contribution in [0.25, 0.3) is 0 Å². The zero-order valence-electron chi connectivity index (χ0n) is 8.60. The number of methoxy groups -OCH3 is 1. The van der Waals surface area contributed by atoms with Crippen molar-refractivity contribution in [2.75, 3.05) is 7.11 Å². The van der Waals surface area contributed by atoms with E-state index in [1.54, 1.807) is 0 Å². The van der Waals surface area contributed by atoms with Crippen molar-refractivity contribution in [2.24, 2.45) is 4.40 Å². The predicted octanol–water partition coefficient (Wildman–Crippen LogP) is 0.631. The second-order valence-electron chi connectivity index (χ2n) is 3.14. The molecule has 8 heteroatoms. The topological polar surface area (TPSA) is 84.8 Å². The number of amidine groups is 1. The summed E-state index contributed by atoms with van der Waals surface area (Å²) in [5.74, 6) is -1.15. The first-order valence-corrected chi connectivity index (χ1v) is 5.88. The Hall–Kier alpha value is -1.96. The second kappa shape index (κ2) is 3.81. The Morgan fingerprint density at radius 3 is 2.82 bits per heavy atom. The summed E-state index contributed by atoms with van der Waals surface area (Å²) in [5, 5.41) is 2.05. The van der Waals surface area contributed by atoms with Crippen LogP contribution >= 0.6 is 0 Å². The Labute approximate surface area is 96.2 Å². The van der Waals surface area contributed by atoms with Gasteiger partial charge < -0.3 is 4.74 Å². The van der Waals surface area contributed by atoms with Crippen molar-refractivity contribution in [1.29, 1.82) is 0 Å². The first-order valence-electron chi connectivity index (χ1n) is 4.44. The molecule has 0 aliphatic carbocycles. The number of sulfonamides is 1. The molecule has 2 rings (SSSR count). The second-order valence-corrected chi connectivity index (χ2v) is 4.72. The van der Waals surface area contributed by atoms with Crippen LogP contribution in [-0.2, 0) is 14.8 Å². The monoisotopic (exact) mass is 258 g/mol. The summed E-state index contributed by atoms with van der Waals surface area (Å²) in [6.45, 7) is 0. The van der Waals surface area contributed by atoms with Crippen molar-refractivity contribution in [3.8, 4) is 0 Å². The van der Waals surface area contributed by atoms with E-state index in [1.165, 1.54) is 12.1 Å². The molecule has 17 heavy (non-hydrogen) atoms. The zero-order valence-corrected chi connectivity index (χ0v) is 9.41. The van der Waals surface area contributed by atoms with Crippen molar-refractivity contribution < 1.29 is 22.3 Å². The van der Waals surface area contributed by atoms with Crippen LogP contribution in [0.2, 0.25) is 0 Å². The maximum atomic E-state index is 13.5. The van der Waals surface area contributed by atoms with Crippen molar-refractivity contribution in [1.82, 2.24) is 5.32 Å². The molecule has 1 amide bonds. The van der Waals surface area contributed by atoms with Gasteiger partial charge in [0.1, 0.15) is 10.7 Å². The normalized spacial score (nSPS) is 16.0. The Balaban J connectivity index is 2.56. The van der Waals surface area contributed by atoms with Crippen molar-refractivity contribution >= 4 is 22.0 Å². The van der Waals surface area contributed by atoms with Gasteiger partial charge in [0.25, 0.3) is 10.0 Å². The fraction of sp³-hybridized carbons (Fsp3) is 0.111. The smallest absolute Gasteiger partial charge is 0.412 e. The van der Waals surface area contributed by atoms with Crippen LogP contribution < -0.4 is 5.32 Å². The standard InChI is InChI=1S/C9H7FN2O4S/c1-16-9(13)11-8-7-5(10)3-2-4-6(7)17(14,15)12-8/h2-4H,1H3,(H,11,12,13). The number of alkyl carbamates (subject to hydrolysis) is 1. The first kappa shape index (κ1) is 11.5. The number of carbonyl (C=O) groups is 1. The van der Waals surface area contributed by atoms with Crippen LogP contribution in [-0.4, -0.2) is 27.5 Å². The molecule has 1 aromatic carbocycles. The minimum Gasteiger partial charge on any atom is -0.453 e. The molecule has 0 fully saturated rings. The molecule has 0 saturated heterocycles. The molecule has 0 bridgehead atoms. The van der Waals surface area contributed by atoms with Gasteiger partial charge in [-0.15, -0.1) is 4.40 Å². The molecule has 90 valence electrons. The van der Waals surface area contributed by atoms with E-state index in [0.29, 0.717) is 0 Å². The maximum absolute atomic E-state index is 13.5. The van der Waals surface area contributed by atoms with E-state index in [1.807, 2.05) is 0 Å². The van der Waals surface area contributed by atoms with Gasteiger partial charge in [0.05, 0.1) is 12.7 Å². The lowest BCUT2D eigenvalue weighted by atomic mass is 10.2. The van der Waals surface area contributed by atoms with E-state index in [4.69, 9.17) is 0 Å². The third-order valence-electron chi connectivity index (χ3n) is 2.11. The Kier molecular flexibility index (Phi) is 2.58. The number of fused-ring (bicyclic) bond motifs is 1. The Morgan fingerprint density at radius 2 is 2.18 bits per heavy atom. The quantitative estimate of drug-likeness (QED) is 0.739. The Morgan fingerprint density at radius 1 is 1.47 bits per heavy atom. The number of amides is 1. The highest BCUT2D eigenvalue weighted by molar-refractivity contribution is 7.90. The molecule has 1 N–H and O–H groups in total. The number of benzene rings is 1. The Bertz CT molecular complexity index is 624. The summed E-state index contributed by atoms with van der Waals surface area (Å²) >= 11 is 0. The molecule has 0 aromatic heterocycles. The summed E-state index contributed by atoms with van der Waals surface area (Å²) < 4.78 is 44.1. The van der Waals surface area contributed by atoms with E-state index in [-0.39, 0.29) is 16.3 Å². The van der Waals surface area contributed by atoms with Gasteiger partial charge in [-0.3, -0.25) is 5.32 Å². The largest absolute Gasteiger partial charge is 0.453 e. The molecule has 0 radical (unpaired) electrons. The van der Waals surface area contributed by atoms with E-state index >= 15 is 0 Å². The van der Waals surface area contributed by atoms with Crippen LogP contribution in [0.4, 0.5) is 9.18 Å². The molecule has 1 aliphatic heterocycles. The van der Waals surface area contributed by atoms with Crippen LogP contribution in [0.3, 0.4) is 0 Å². The molecule has 1 heterocycles. The summed E-state index contributed by atoms with van der Waals surface area (Å²) in [5.41, 5.74) is -0.252. The van der Waals surface area contributed by atoms with E-state index in [9.17, 15) is 17.6 Å². The number of halogens is 1. The first-order chi connectivity index (χ1) is 7.95. The fourth-order valence-electron chi connectivity index (χ4n) is 1.40. The number of nitrogens with zero attached hydrogens (tertiary/aromatic N) is 1. The van der Waals surface area contributed by atoms with Crippen LogP contribution in [0.5, 0.6) is 0 Å². The molecule has 1 aliphatic rings. The van der Waals surface area contributed by atoms with Crippen molar-refractivity contribution in [2.45, 2.75) is 4.90 Å². The SMILES string of the molecule is COC(=O)NC1=NS(=O)(=O)c2cccc(F)c21. The van der Waals surface area contributed by atoms with Crippen LogP contribution in [0, 0.1) is 5.82 Å². The van der Waals surface area contributed by atoms with Gasteiger partial charge in [0.2, 0.25) is 0 Å². The lowest BCUT2D eigenvalue weighted by Crippen LogP contribution is -2.30. The molecule has 1 aromatic rings. The average Bonchev–Trinajstić information content (AvgIpc) is 2.52. The third-order valence-corrected chi connectivity index (χ3v) is 3.43. The molecule has 6 nitrogen and oxygen atoms in total. The van der Waals surface area contributed by atoms with E-state index in [2.05, 4.69) is 14.5 Å². The van der Waals surface area contributed by atoms with E-state index < -0.39 is 21.9 Å². The number of ether oxygens (including phenoxy) is 1. The molecule has 0 unspecified atom stereocenters. The average molecular weight is 258 g/mol. The van der Waals surface area contributed by atoms with Gasteiger partial charge in [0.15, 0.2) is 5.84 Å². The minimum absolute atomic E-state index is 0.252.